The molecule has 2 amide bonds. The van der Waals surface area contributed by atoms with E-state index in [0.29, 0.717) is 25.7 Å². The van der Waals surface area contributed by atoms with Crippen molar-refractivity contribution in [2.24, 2.45) is 0 Å². The molecule has 0 radical (unpaired) electrons. The normalized spacial score (nSPS) is 15.5. The molecule has 1 rings (SSSR count). The van der Waals surface area contributed by atoms with E-state index < -0.39 is 0 Å². The Morgan fingerprint density at radius 3 is 2.77 bits per heavy atom. The molecule has 0 aliphatic heterocycles. The molecular weight excluding hydrogens is 168 g/mol. The molecule has 76 valence electrons. The van der Waals surface area contributed by atoms with Crippen molar-refractivity contribution in [3.63, 3.8) is 0 Å². The van der Waals surface area contributed by atoms with Crippen molar-refractivity contribution in [3.8, 4) is 0 Å². The summed E-state index contributed by atoms with van der Waals surface area (Å²) >= 11 is 0. The summed E-state index contributed by atoms with van der Waals surface area (Å²) in [5.74, 6) is 0. The molecule has 0 atom stereocenters. The van der Waals surface area contributed by atoms with Crippen LogP contribution in [0.5, 0.6) is 0 Å². The van der Waals surface area contributed by atoms with E-state index in [4.69, 9.17) is 4.74 Å². The quantitative estimate of drug-likeness (QED) is 0.691. The molecule has 0 aromatic heterocycles. The zero-order valence-electron chi connectivity index (χ0n) is 8.38. The number of nitrogens with zero attached hydrogens (tertiary/aromatic N) is 1. The average Bonchev–Trinajstić information content (AvgIpc) is 2.89. The largest absolute Gasteiger partial charge is 0.383 e. The van der Waals surface area contributed by atoms with Crippen LogP contribution in [-0.2, 0) is 4.74 Å². The monoisotopic (exact) mass is 186 g/mol. The highest BCUT2D eigenvalue weighted by Crippen LogP contribution is 2.26. The smallest absolute Gasteiger partial charge is 0.317 e. The fourth-order valence-corrected chi connectivity index (χ4v) is 1.28. The first-order chi connectivity index (χ1) is 6.29. The number of hydrogen-bond acceptors (Lipinski definition) is 2. The Morgan fingerprint density at radius 1 is 1.62 bits per heavy atom. The molecule has 13 heavy (non-hydrogen) atoms. The standard InChI is InChI=1S/C9H18N2O2/c1-3-10-9(12)11(6-7-13-2)8-4-5-8/h8H,3-7H2,1-2H3,(H,10,12). The van der Waals surface area contributed by atoms with Gasteiger partial charge in [-0.1, -0.05) is 0 Å². The molecule has 0 heterocycles. The van der Waals surface area contributed by atoms with Gasteiger partial charge in [-0.25, -0.2) is 4.79 Å². The summed E-state index contributed by atoms with van der Waals surface area (Å²) < 4.78 is 4.96. The first-order valence-corrected chi connectivity index (χ1v) is 4.83. The van der Waals surface area contributed by atoms with Crippen molar-refractivity contribution in [2.75, 3.05) is 26.8 Å². The van der Waals surface area contributed by atoms with Crippen LogP contribution in [0.25, 0.3) is 0 Å². The molecule has 1 saturated carbocycles. The lowest BCUT2D eigenvalue weighted by atomic mass is 10.5. The van der Waals surface area contributed by atoms with E-state index in [1.54, 1.807) is 7.11 Å². The molecule has 0 bridgehead atoms. The van der Waals surface area contributed by atoms with E-state index in [-0.39, 0.29) is 6.03 Å². The molecule has 0 unspecified atom stereocenters. The minimum Gasteiger partial charge on any atom is -0.383 e. The lowest BCUT2D eigenvalue weighted by molar-refractivity contribution is 0.146. The maximum absolute atomic E-state index is 11.5. The van der Waals surface area contributed by atoms with E-state index >= 15 is 0 Å². The fourth-order valence-electron chi connectivity index (χ4n) is 1.28. The molecule has 0 aromatic rings. The Balaban J connectivity index is 2.32. The van der Waals surface area contributed by atoms with Crippen LogP contribution in [0.4, 0.5) is 4.79 Å². The Labute approximate surface area is 79.2 Å². The number of carbonyl (C=O) groups is 1. The zero-order valence-corrected chi connectivity index (χ0v) is 8.38. The number of hydrogen-bond donors (Lipinski definition) is 1. The number of ether oxygens (including phenoxy) is 1. The summed E-state index contributed by atoms with van der Waals surface area (Å²) in [5.41, 5.74) is 0. The topological polar surface area (TPSA) is 41.6 Å². The van der Waals surface area contributed by atoms with Gasteiger partial charge in [0.05, 0.1) is 6.61 Å². The van der Waals surface area contributed by atoms with Crippen LogP contribution in [0.15, 0.2) is 0 Å². The third-order valence-corrected chi connectivity index (χ3v) is 2.11. The second-order valence-corrected chi connectivity index (χ2v) is 3.25. The summed E-state index contributed by atoms with van der Waals surface area (Å²) in [7, 11) is 1.66. The van der Waals surface area contributed by atoms with Crippen molar-refractivity contribution in [1.82, 2.24) is 10.2 Å². The van der Waals surface area contributed by atoms with Crippen LogP contribution in [-0.4, -0.2) is 43.8 Å². The molecule has 0 saturated heterocycles. The molecule has 1 aliphatic rings. The maximum Gasteiger partial charge on any atom is 0.317 e. The van der Waals surface area contributed by atoms with Gasteiger partial charge >= 0.3 is 6.03 Å². The van der Waals surface area contributed by atoms with Gasteiger partial charge in [0.1, 0.15) is 0 Å². The van der Waals surface area contributed by atoms with Gasteiger partial charge in [0.25, 0.3) is 0 Å². The fraction of sp³-hybridized carbons (Fsp3) is 0.889. The number of rotatable bonds is 5. The van der Waals surface area contributed by atoms with Crippen LogP contribution in [0, 0.1) is 0 Å². The van der Waals surface area contributed by atoms with Crippen molar-refractivity contribution in [2.45, 2.75) is 25.8 Å². The molecule has 4 heteroatoms. The number of carbonyl (C=O) groups excluding carboxylic acids is 1. The number of nitrogens with one attached hydrogen (secondary N) is 1. The highest BCUT2D eigenvalue weighted by molar-refractivity contribution is 5.74. The van der Waals surface area contributed by atoms with Gasteiger partial charge in [0, 0.05) is 26.2 Å². The van der Waals surface area contributed by atoms with Crippen molar-refractivity contribution in [1.29, 1.82) is 0 Å². The van der Waals surface area contributed by atoms with E-state index in [2.05, 4.69) is 5.32 Å². The van der Waals surface area contributed by atoms with Gasteiger partial charge in [-0.2, -0.15) is 0 Å². The van der Waals surface area contributed by atoms with Crippen LogP contribution in [0.3, 0.4) is 0 Å². The Kier molecular flexibility index (Phi) is 4.02. The first kappa shape index (κ1) is 10.3. The summed E-state index contributed by atoms with van der Waals surface area (Å²) in [6.07, 6.45) is 2.28. The van der Waals surface area contributed by atoms with Crippen LogP contribution in [0.2, 0.25) is 0 Å². The Hall–Kier alpha value is -0.770. The minimum absolute atomic E-state index is 0.0436. The van der Waals surface area contributed by atoms with Crippen LogP contribution in [0.1, 0.15) is 19.8 Å². The highest BCUT2D eigenvalue weighted by atomic mass is 16.5. The molecule has 1 N–H and O–H groups in total. The zero-order chi connectivity index (χ0) is 9.68. The molecule has 0 aromatic carbocycles. The van der Waals surface area contributed by atoms with Gasteiger partial charge in [0.2, 0.25) is 0 Å². The molecule has 0 spiro atoms. The number of urea groups is 1. The Morgan fingerprint density at radius 2 is 2.31 bits per heavy atom. The summed E-state index contributed by atoms with van der Waals surface area (Å²) in [6, 6.07) is 0.503. The number of amides is 2. The molecule has 1 aliphatic carbocycles. The van der Waals surface area contributed by atoms with Gasteiger partial charge in [-0.15, -0.1) is 0 Å². The van der Waals surface area contributed by atoms with Gasteiger partial charge in [0.15, 0.2) is 0 Å². The molecule has 1 fully saturated rings. The minimum atomic E-state index is 0.0436. The van der Waals surface area contributed by atoms with Crippen LogP contribution >= 0.6 is 0 Å². The van der Waals surface area contributed by atoms with Crippen molar-refractivity contribution in [3.05, 3.63) is 0 Å². The lowest BCUT2D eigenvalue weighted by Crippen LogP contribution is -2.42. The predicted octanol–water partition coefficient (Wildman–Crippen LogP) is 0.827. The number of methoxy groups -OCH3 is 1. The molecule has 4 nitrogen and oxygen atoms in total. The third kappa shape index (κ3) is 3.22. The van der Waals surface area contributed by atoms with E-state index in [9.17, 15) is 4.79 Å². The Bertz CT molecular complexity index is 169. The second-order valence-electron chi connectivity index (χ2n) is 3.25. The third-order valence-electron chi connectivity index (χ3n) is 2.11. The van der Waals surface area contributed by atoms with E-state index in [1.165, 1.54) is 0 Å². The van der Waals surface area contributed by atoms with Crippen molar-refractivity contribution < 1.29 is 9.53 Å². The lowest BCUT2D eigenvalue weighted by Gasteiger charge is -2.21. The summed E-state index contributed by atoms with van der Waals surface area (Å²) in [6.45, 7) is 3.94. The molecular formula is C9H18N2O2. The summed E-state index contributed by atoms with van der Waals surface area (Å²) in [4.78, 5) is 13.4. The van der Waals surface area contributed by atoms with E-state index in [1.807, 2.05) is 11.8 Å². The predicted molar refractivity (Wildman–Crippen MR) is 50.7 cm³/mol. The van der Waals surface area contributed by atoms with E-state index in [0.717, 1.165) is 12.8 Å². The second kappa shape index (κ2) is 5.07. The van der Waals surface area contributed by atoms with Gasteiger partial charge in [-0.3, -0.25) is 0 Å². The average molecular weight is 186 g/mol. The maximum atomic E-state index is 11.5. The highest BCUT2D eigenvalue weighted by Gasteiger charge is 2.31. The first-order valence-electron chi connectivity index (χ1n) is 4.83. The summed E-state index contributed by atoms with van der Waals surface area (Å²) in [5, 5.41) is 2.81. The SMILES string of the molecule is CCNC(=O)N(CCOC)C1CC1. The van der Waals surface area contributed by atoms with Crippen molar-refractivity contribution >= 4 is 6.03 Å². The van der Waals surface area contributed by atoms with Gasteiger partial charge in [-0.05, 0) is 19.8 Å². The van der Waals surface area contributed by atoms with Crippen LogP contribution < -0.4 is 5.32 Å². The van der Waals surface area contributed by atoms with Gasteiger partial charge < -0.3 is 15.0 Å².